The molecule has 0 radical (unpaired) electrons. The van der Waals surface area contributed by atoms with E-state index in [1.54, 1.807) is 0 Å². The number of ether oxygens (including phenoxy) is 1. The Hall–Kier alpha value is -1.56. The minimum atomic E-state index is -0.419. The van der Waals surface area contributed by atoms with Crippen LogP contribution in [0.25, 0.3) is 0 Å². The summed E-state index contributed by atoms with van der Waals surface area (Å²) in [7, 11) is 0. The number of alkyl halides is 1. The molecule has 0 aliphatic carbocycles. The van der Waals surface area contributed by atoms with Crippen LogP contribution in [0.4, 0.5) is 4.79 Å². The van der Waals surface area contributed by atoms with Gasteiger partial charge in [0.15, 0.2) is 0 Å². The Balaban J connectivity index is 1.75. The molecule has 1 fully saturated rings. The lowest BCUT2D eigenvalue weighted by atomic mass is 10.2. The molecule has 2 rings (SSSR count). The quantitative estimate of drug-likeness (QED) is 0.572. The predicted molar refractivity (Wildman–Crippen MR) is 87.8 cm³/mol. The number of rotatable bonds is 6. The number of benzene rings is 1. The van der Waals surface area contributed by atoms with Crippen molar-refractivity contribution in [3.05, 3.63) is 35.9 Å². The fourth-order valence-electron chi connectivity index (χ4n) is 2.31. The maximum atomic E-state index is 12.0. The molecule has 0 aromatic heterocycles. The van der Waals surface area contributed by atoms with Crippen LogP contribution in [-0.4, -0.2) is 53.3 Å². The van der Waals surface area contributed by atoms with Gasteiger partial charge in [-0.15, -0.1) is 0 Å². The van der Waals surface area contributed by atoms with Gasteiger partial charge in [0, 0.05) is 25.0 Å². The third-order valence-corrected chi connectivity index (χ3v) is 4.15. The lowest BCUT2D eigenvalue weighted by Crippen LogP contribution is -2.52. The van der Waals surface area contributed by atoms with Crippen LogP contribution >= 0.6 is 15.9 Å². The Morgan fingerprint density at radius 3 is 2.64 bits per heavy atom. The second-order valence-electron chi connectivity index (χ2n) is 5.24. The Bertz CT molecular complexity index is 495. The first kappa shape index (κ1) is 16.8. The molecule has 1 heterocycles. The smallest absolute Gasteiger partial charge is 0.410 e. The fraction of sp³-hybridized carbons (Fsp3) is 0.500. The molecule has 0 N–H and O–H groups in total. The van der Waals surface area contributed by atoms with Crippen LogP contribution in [0.5, 0.6) is 0 Å². The summed E-state index contributed by atoms with van der Waals surface area (Å²) in [5.41, 5.74) is 0.940. The average Bonchev–Trinajstić information content (AvgIpc) is 2.55. The summed E-state index contributed by atoms with van der Waals surface area (Å²) in [4.78, 5) is 27.4. The second kappa shape index (κ2) is 8.78. The molecule has 6 heteroatoms. The highest BCUT2D eigenvalue weighted by Crippen LogP contribution is 2.09. The molecular weight excluding hydrogens is 348 g/mol. The minimum Gasteiger partial charge on any atom is -0.445 e. The van der Waals surface area contributed by atoms with Gasteiger partial charge in [-0.1, -0.05) is 46.3 Å². The van der Waals surface area contributed by atoms with Gasteiger partial charge in [-0.25, -0.2) is 4.79 Å². The summed E-state index contributed by atoms with van der Waals surface area (Å²) in [5.74, 6) is -0.00233. The van der Waals surface area contributed by atoms with Gasteiger partial charge < -0.3 is 9.64 Å². The number of unbranched alkanes of at least 4 members (excludes halogenated alkanes) is 1. The van der Waals surface area contributed by atoms with E-state index in [4.69, 9.17) is 4.74 Å². The van der Waals surface area contributed by atoms with Crippen molar-refractivity contribution < 1.29 is 14.3 Å². The van der Waals surface area contributed by atoms with Gasteiger partial charge in [-0.2, -0.15) is 0 Å². The van der Waals surface area contributed by atoms with Crippen molar-refractivity contribution in [1.82, 2.24) is 9.80 Å². The Labute approximate surface area is 139 Å². The molecular formula is C16H21BrN2O3. The van der Waals surface area contributed by atoms with Crippen molar-refractivity contribution in [2.45, 2.75) is 19.4 Å². The zero-order valence-electron chi connectivity index (χ0n) is 12.5. The first-order valence-corrected chi connectivity index (χ1v) is 8.62. The molecule has 2 amide bonds. The van der Waals surface area contributed by atoms with Crippen LogP contribution in [0.15, 0.2) is 30.3 Å². The van der Waals surface area contributed by atoms with Gasteiger partial charge in [0.25, 0.3) is 0 Å². The lowest BCUT2D eigenvalue weighted by Gasteiger charge is -2.33. The van der Waals surface area contributed by atoms with Crippen LogP contribution in [0, 0.1) is 0 Å². The molecule has 1 aliphatic heterocycles. The molecule has 0 saturated carbocycles. The maximum absolute atomic E-state index is 12.0. The van der Waals surface area contributed by atoms with Gasteiger partial charge in [-0.05, 0) is 18.4 Å². The number of amides is 2. The summed E-state index contributed by atoms with van der Waals surface area (Å²) in [5, 5.41) is 0.951. The Morgan fingerprint density at radius 1 is 1.18 bits per heavy atom. The van der Waals surface area contributed by atoms with E-state index in [0.717, 1.165) is 30.3 Å². The Kier molecular flexibility index (Phi) is 6.71. The SMILES string of the molecule is O=C1CN(C(=O)OCc2ccccc2)CCN1CCCCBr. The van der Waals surface area contributed by atoms with Crippen molar-refractivity contribution in [3.63, 3.8) is 0 Å². The van der Waals surface area contributed by atoms with E-state index in [1.165, 1.54) is 4.90 Å². The first-order chi connectivity index (χ1) is 10.7. The molecule has 1 saturated heterocycles. The monoisotopic (exact) mass is 368 g/mol. The van der Waals surface area contributed by atoms with Gasteiger partial charge >= 0.3 is 6.09 Å². The number of hydrogen-bond donors (Lipinski definition) is 0. The molecule has 0 unspecified atom stereocenters. The molecule has 1 aromatic carbocycles. The lowest BCUT2D eigenvalue weighted by molar-refractivity contribution is -0.135. The van der Waals surface area contributed by atoms with Crippen molar-refractivity contribution in [3.8, 4) is 0 Å². The van der Waals surface area contributed by atoms with Crippen molar-refractivity contribution >= 4 is 27.9 Å². The molecule has 5 nitrogen and oxygen atoms in total. The maximum Gasteiger partial charge on any atom is 0.410 e. The highest BCUT2D eigenvalue weighted by molar-refractivity contribution is 9.09. The summed E-state index contributed by atoms with van der Waals surface area (Å²) in [6, 6.07) is 9.52. The Morgan fingerprint density at radius 2 is 1.95 bits per heavy atom. The zero-order chi connectivity index (χ0) is 15.8. The number of piperazine rings is 1. The first-order valence-electron chi connectivity index (χ1n) is 7.50. The zero-order valence-corrected chi connectivity index (χ0v) is 14.1. The van der Waals surface area contributed by atoms with Crippen LogP contribution in [0.1, 0.15) is 18.4 Å². The molecule has 0 spiro atoms. The second-order valence-corrected chi connectivity index (χ2v) is 6.03. The van der Waals surface area contributed by atoms with E-state index in [1.807, 2.05) is 35.2 Å². The normalized spacial score (nSPS) is 15.0. The van der Waals surface area contributed by atoms with Gasteiger partial charge in [-0.3, -0.25) is 9.69 Å². The minimum absolute atomic E-state index is 0.00233. The van der Waals surface area contributed by atoms with Crippen LogP contribution < -0.4 is 0 Å². The number of hydrogen-bond acceptors (Lipinski definition) is 3. The van der Waals surface area contributed by atoms with E-state index in [0.29, 0.717) is 13.1 Å². The largest absolute Gasteiger partial charge is 0.445 e. The van der Waals surface area contributed by atoms with Crippen molar-refractivity contribution in [2.24, 2.45) is 0 Å². The molecule has 0 atom stereocenters. The molecule has 0 bridgehead atoms. The average molecular weight is 369 g/mol. The van der Waals surface area contributed by atoms with E-state index in [9.17, 15) is 9.59 Å². The van der Waals surface area contributed by atoms with Gasteiger partial charge in [0.1, 0.15) is 13.2 Å². The molecule has 1 aromatic rings. The summed E-state index contributed by atoms with van der Waals surface area (Å²) >= 11 is 3.38. The van der Waals surface area contributed by atoms with E-state index < -0.39 is 6.09 Å². The third-order valence-electron chi connectivity index (χ3n) is 3.59. The van der Waals surface area contributed by atoms with Crippen LogP contribution in [-0.2, 0) is 16.1 Å². The van der Waals surface area contributed by atoms with Gasteiger partial charge in [0.2, 0.25) is 5.91 Å². The van der Waals surface area contributed by atoms with Crippen LogP contribution in [0.3, 0.4) is 0 Å². The van der Waals surface area contributed by atoms with E-state index in [2.05, 4.69) is 15.9 Å². The highest BCUT2D eigenvalue weighted by Gasteiger charge is 2.27. The molecule has 22 heavy (non-hydrogen) atoms. The summed E-state index contributed by atoms with van der Waals surface area (Å²) in [6.45, 7) is 2.23. The number of carbonyl (C=O) groups excluding carboxylic acids is 2. The topological polar surface area (TPSA) is 49.9 Å². The molecule has 1 aliphatic rings. The molecule has 120 valence electrons. The summed E-state index contributed by atoms with van der Waals surface area (Å²) < 4.78 is 5.26. The van der Waals surface area contributed by atoms with Crippen molar-refractivity contribution in [1.29, 1.82) is 0 Å². The third kappa shape index (κ3) is 5.02. The number of carbonyl (C=O) groups is 2. The summed E-state index contributed by atoms with van der Waals surface area (Å²) in [6.07, 6.45) is 1.61. The van der Waals surface area contributed by atoms with E-state index >= 15 is 0 Å². The number of halogens is 1. The van der Waals surface area contributed by atoms with Crippen molar-refractivity contribution in [2.75, 3.05) is 31.5 Å². The number of nitrogens with zero attached hydrogens (tertiary/aromatic N) is 2. The van der Waals surface area contributed by atoms with Gasteiger partial charge in [0.05, 0.1) is 0 Å². The predicted octanol–water partition coefficient (Wildman–Crippen LogP) is 2.64. The van der Waals surface area contributed by atoms with Crippen LogP contribution in [0.2, 0.25) is 0 Å². The van der Waals surface area contributed by atoms with E-state index in [-0.39, 0.29) is 19.1 Å². The fourth-order valence-corrected chi connectivity index (χ4v) is 2.71. The standard InChI is InChI=1S/C16H21BrN2O3/c17-8-4-5-9-18-10-11-19(12-15(18)20)16(21)22-13-14-6-2-1-3-7-14/h1-3,6-7H,4-5,8-13H2. The highest BCUT2D eigenvalue weighted by atomic mass is 79.9.